The van der Waals surface area contributed by atoms with Crippen molar-refractivity contribution in [3.63, 3.8) is 0 Å². The Morgan fingerprint density at radius 3 is 2.89 bits per heavy atom. The molecule has 4 atom stereocenters. The average Bonchev–Trinajstić information content (AvgIpc) is 2.80. The van der Waals surface area contributed by atoms with Crippen LogP contribution in [0, 0.1) is 5.92 Å². The lowest BCUT2D eigenvalue weighted by atomic mass is 9.90. The van der Waals surface area contributed by atoms with Crippen molar-refractivity contribution in [2.24, 2.45) is 5.92 Å². The van der Waals surface area contributed by atoms with E-state index in [1.54, 1.807) is 0 Å². The first-order valence-corrected chi connectivity index (χ1v) is 8.07. The van der Waals surface area contributed by atoms with Crippen LogP contribution in [0.15, 0.2) is 0 Å². The minimum Gasteiger partial charge on any atom is -0.315 e. The van der Waals surface area contributed by atoms with Crippen LogP contribution in [0.3, 0.4) is 0 Å². The zero-order valence-corrected chi connectivity index (χ0v) is 11.9. The van der Waals surface area contributed by atoms with Gasteiger partial charge in [0.25, 0.3) is 0 Å². The highest BCUT2D eigenvalue weighted by Crippen LogP contribution is 2.32. The van der Waals surface area contributed by atoms with E-state index in [9.17, 15) is 0 Å². The van der Waals surface area contributed by atoms with Crippen LogP contribution < -0.4 is 5.32 Å². The van der Waals surface area contributed by atoms with Crippen LogP contribution in [-0.2, 0) is 0 Å². The molecule has 3 aliphatic heterocycles. The Morgan fingerprint density at radius 1 is 1.22 bits per heavy atom. The number of hydrogen-bond acceptors (Lipinski definition) is 3. The van der Waals surface area contributed by atoms with E-state index in [4.69, 9.17) is 0 Å². The fourth-order valence-electron chi connectivity index (χ4n) is 4.36. The predicted octanol–water partition coefficient (Wildman–Crippen LogP) is 1.54. The Kier molecular flexibility index (Phi) is 4.22. The third kappa shape index (κ3) is 2.59. The summed E-state index contributed by atoms with van der Waals surface area (Å²) in [7, 11) is 0. The van der Waals surface area contributed by atoms with Crippen LogP contribution in [-0.4, -0.2) is 61.2 Å². The molecule has 0 aromatic heterocycles. The summed E-state index contributed by atoms with van der Waals surface area (Å²) < 4.78 is 0. The quantitative estimate of drug-likeness (QED) is 0.818. The lowest BCUT2D eigenvalue weighted by molar-refractivity contribution is 0.0513. The van der Waals surface area contributed by atoms with Crippen LogP contribution in [0.5, 0.6) is 0 Å². The first kappa shape index (κ1) is 12.9. The molecular weight excluding hydrogens is 222 g/mol. The van der Waals surface area contributed by atoms with Crippen molar-refractivity contribution in [1.82, 2.24) is 15.1 Å². The summed E-state index contributed by atoms with van der Waals surface area (Å²) in [5, 5.41) is 3.60. The lowest BCUT2D eigenvalue weighted by Crippen LogP contribution is -2.55. The highest BCUT2D eigenvalue weighted by Gasteiger charge is 2.39. The number of nitrogens with zero attached hydrogens (tertiary/aromatic N) is 2. The summed E-state index contributed by atoms with van der Waals surface area (Å²) >= 11 is 0. The highest BCUT2D eigenvalue weighted by atomic mass is 15.3. The summed E-state index contributed by atoms with van der Waals surface area (Å²) in [5.41, 5.74) is 0. The number of fused-ring (bicyclic) bond motifs is 2. The van der Waals surface area contributed by atoms with E-state index in [0.717, 1.165) is 18.0 Å². The summed E-state index contributed by atoms with van der Waals surface area (Å²) in [6.45, 7) is 10.2. The summed E-state index contributed by atoms with van der Waals surface area (Å²) in [6.07, 6.45) is 6.96. The topological polar surface area (TPSA) is 18.5 Å². The van der Waals surface area contributed by atoms with E-state index in [-0.39, 0.29) is 0 Å². The molecule has 3 rings (SSSR count). The summed E-state index contributed by atoms with van der Waals surface area (Å²) in [5.74, 6) is 0.965. The van der Waals surface area contributed by atoms with Crippen LogP contribution >= 0.6 is 0 Å². The molecule has 104 valence electrons. The monoisotopic (exact) mass is 251 g/mol. The summed E-state index contributed by atoms with van der Waals surface area (Å²) in [6, 6.07) is 1.70. The standard InChI is InChI=1S/C15H29N3/c1-2-8-18(14-4-3-7-16-11-14)15-6-10-17-9-5-13(15)12-17/h13-16H,2-12H2,1H3. The van der Waals surface area contributed by atoms with Gasteiger partial charge in [-0.25, -0.2) is 0 Å². The van der Waals surface area contributed by atoms with E-state index < -0.39 is 0 Å². The van der Waals surface area contributed by atoms with Gasteiger partial charge in [-0.2, -0.15) is 0 Å². The largest absolute Gasteiger partial charge is 0.315 e. The molecule has 3 heterocycles. The molecular formula is C15H29N3. The molecule has 0 aliphatic carbocycles. The maximum Gasteiger partial charge on any atom is 0.0224 e. The molecule has 3 heteroatoms. The maximum atomic E-state index is 3.60. The summed E-state index contributed by atoms with van der Waals surface area (Å²) in [4.78, 5) is 5.56. The first-order valence-electron chi connectivity index (χ1n) is 8.07. The minimum absolute atomic E-state index is 0.816. The predicted molar refractivity (Wildman–Crippen MR) is 75.8 cm³/mol. The second-order valence-corrected chi connectivity index (χ2v) is 6.44. The third-order valence-electron chi connectivity index (χ3n) is 5.24. The molecule has 2 bridgehead atoms. The van der Waals surface area contributed by atoms with Crippen molar-refractivity contribution in [1.29, 1.82) is 0 Å². The maximum absolute atomic E-state index is 3.60. The molecule has 18 heavy (non-hydrogen) atoms. The molecule has 3 fully saturated rings. The third-order valence-corrected chi connectivity index (χ3v) is 5.24. The van der Waals surface area contributed by atoms with E-state index in [1.807, 2.05) is 0 Å². The molecule has 3 aliphatic rings. The zero-order valence-electron chi connectivity index (χ0n) is 11.9. The Labute approximate surface area is 112 Å². The van der Waals surface area contributed by atoms with Gasteiger partial charge in [0.1, 0.15) is 0 Å². The molecule has 0 radical (unpaired) electrons. The zero-order chi connectivity index (χ0) is 12.4. The van der Waals surface area contributed by atoms with Gasteiger partial charge in [0, 0.05) is 25.2 Å². The van der Waals surface area contributed by atoms with Gasteiger partial charge >= 0.3 is 0 Å². The molecule has 0 saturated carbocycles. The van der Waals surface area contributed by atoms with E-state index in [2.05, 4.69) is 22.0 Å². The lowest BCUT2D eigenvalue weighted by Gasteiger charge is -2.44. The van der Waals surface area contributed by atoms with Gasteiger partial charge in [0.15, 0.2) is 0 Å². The van der Waals surface area contributed by atoms with E-state index in [1.165, 1.54) is 71.4 Å². The van der Waals surface area contributed by atoms with Gasteiger partial charge in [-0.15, -0.1) is 0 Å². The number of rotatable bonds is 4. The number of piperidine rings is 2. The highest BCUT2D eigenvalue weighted by molar-refractivity contribution is 4.94. The Bertz CT molecular complexity index is 262. The van der Waals surface area contributed by atoms with E-state index in [0.29, 0.717) is 0 Å². The Morgan fingerprint density at radius 2 is 2.11 bits per heavy atom. The van der Waals surface area contributed by atoms with Gasteiger partial charge in [-0.3, -0.25) is 4.90 Å². The van der Waals surface area contributed by atoms with Crippen LogP contribution in [0.4, 0.5) is 0 Å². The average molecular weight is 251 g/mol. The fraction of sp³-hybridized carbons (Fsp3) is 1.00. The second-order valence-electron chi connectivity index (χ2n) is 6.44. The Balaban J connectivity index is 1.67. The van der Waals surface area contributed by atoms with Crippen LogP contribution in [0.1, 0.15) is 39.0 Å². The molecule has 1 N–H and O–H groups in total. The van der Waals surface area contributed by atoms with Gasteiger partial charge in [0.2, 0.25) is 0 Å². The first-order chi connectivity index (χ1) is 8.88. The van der Waals surface area contributed by atoms with Gasteiger partial charge in [-0.05, 0) is 64.2 Å². The molecule has 4 unspecified atom stereocenters. The van der Waals surface area contributed by atoms with Crippen molar-refractivity contribution >= 4 is 0 Å². The smallest absolute Gasteiger partial charge is 0.0224 e. The second kappa shape index (κ2) is 5.89. The van der Waals surface area contributed by atoms with Gasteiger partial charge in [-0.1, -0.05) is 6.92 Å². The molecule has 0 aromatic rings. The van der Waals surface area contributed by atoms with Crippen LogP contribution in [0.25, 0.3) is 0 Å². The van der Waals surface area contributed by atoms with Crippen molar-refractivity contribution < 1.29 is 0 Å². The molecule has 0 amide bonds. The fourth-order valence-corrected chi connectivity index (χ4v) is 4.36. The molecule has 0 aromatic carbocycles. The molecule has 3 nitrogen and oxygen atoms in total. The molecule has 0 spiro atoms. The van der Waals surface area contributed by atoms with Crippen LogP contribution in [0.2, 0.25) is 0 Å². The van der Waals surface area contributed by atoms with Crippen molar-refractivity contribution in [2.45, 2.75) is 51.1 Å². The van der Waals surface area contributed by atoms with Gasteiger partial charge < -0.3 is 10.2 Å². The molecule has 3 saturated heterocycles. The minimum atomic E-state index is 0.816. The Hall–Kier alpha value is -0.120. The van der Waals surface area contributed by atoms with Crippen molar-refractivity contribution in [3.05, 3.63) is 0 Å². The van der Waals surface area contributed by atoms with Crippen molar-refractivity contribution in [3.8, 4) is 0 Å². The van der Waals surface area contributed by atoms with Crippen molar-refractivity contribution in [2.75, 3.05) is 39.3 Å². The SMILES string of the molecule is CCCN(C1CCCNC1)C1CCN2CCC1C2. The number of hydrogen-bond donors (Lipinski definition) is 1. The number of nitrogens with one attached hydrogen (secondary N) is 1. The normalized spacial score (nSPS) is 40.3. The van der Waals surface area contributed by atoms with Gasteiger partial charge in [0.05, 0.1) is 0 Å². The van der Waals surface area contributed by atoms with E-state index >= 15 is 0 Å².